The Kier molecular flexibility index (Phi) is 16.8. The number of hydrogen-bond donors (Lipinski definition) is 4. The molecule has 0 unspecified atom stereocenters. The van der Waals surface area contributed by atoms with Gasteiger partial charge in [0.1, 0.15) is 18.3 Å². The van der Waals surface area contributed by atoms with Gasteiger partial charge in [0, 0.05) is 49.4 Å². The number of allylic oxidation sites excluding steroid dienone is 5. The van der Waals surface area contributed by atoms with Crippen molar-refractivity contribution in [3.63, 3.8) is 0 Å². The summed E-state index contributed by atoms with van der Waals surface area (Å²) in [5, 5.41) is 34.9. The monoisotopic (exact) mass is 719 g/mol. The van der Waals surface area contributed by atoms with Crippen LogP contribution in [0.15, 0.2) is 59.4 Å². The highest BCUT2D eigenvalue weighted by Crippen LogP contribution is 2.42. The number of nitrogens with two attached hydrogens (primary N) is 1. The minimum Gasteiger partial charge on any atom is -0.490 e. The van der Waals surface area contributed by atoms with Gasteiger partial charge in [-0.15, -0.1) is 0 Å². The lowest BCUT2D eigenvalue weighted by atomic mass is 9.76. The minimum atomic E-state index is -1.97. The van der Waals surface area contributed by atoms with E-state index in [9.17, 15) is 29.7 Å². The predicted octanol–water partition coefficient (Wildman–Crippen LogP) is 4.29. The first kappa shape index (κ1) is 43.9. The van der Waals surface area contributed by atoms with Crippen LogP contribution in [0.2, 0.25) is 0 Å². The minimum absolute atomic E-state index is 0.0408. The van der Waals surface area contributed by atoms with Gasteiger partial charge in [-0.05, 0) is 38.2 Å². The molecule has 51 heavy (non-hydrogen) atoms. The van der Waals surface area contributed by atoms with E-state index in [4.69, 9.17) is 29.4 Å². The largest absolute Gasteiger partial charge is 0.490 e. The van der Waals surface area contributed by atoms with E-state index in [1.165, 1.54) is 20.3 Å². The third kappa shape index (κ3) is 12.1. The molecule has 2 aliphatic rings. The summed E-state index contributed by atoms with van der Waals surface area (Å²) in [6, 6.07) is 0. The van der Waals surface area contributed by atoms with Gasteiger partial charge in [-0.2, -0.15) is 0 Å². The Bertz CT molecular complexity index is 1350. The summed E-state index contributed by atoms with van der Waals surface area (Å²) in [5.41, 5.74) is 6.84. The quantitative estimate of drug-likeness (QED) is 0.187. The molecule has 0 bridgehead atoms. The number of primary amides is 1. The van der Waals surface area contributed by atoms with Gasteiger partial charge >= 0.3 is 11.9 Å². The molecule has 0 aromatic rings. The van der Waals surface area contributed by atoms with Crippen molar-refractivity contribution in [1.29, 1.82) is 0 Å². The normalized spacial score (nSPS) is 37.1. The molecule has 2 aliphatic heterocycles. The lowest BCUT2D eigenvalue weighted by Gasteiger charge is -2.50. The van der Waals surface area contributed by atoms with Gasteiger partial charge in [-0.25, -0.2) is 9.59 Å². The summed E-state index contributed by atoms with van der Waals surface area (Å²) >= 11 is 0. The molecular formula is C39H61NO11. The van der Waals surface area contributed by atoms with Crippen molar-refractivity contribution in [3.05, 3.63) is 59.4 Å². The second kappa shape index (κ2) is 19.5. The highest BCUT2D eigenvalue weighted by atomic mass is 16.6. The lowest BCUT2D eigenvalue weighted by Crippen LogP contribution is -2.59. The number of rotatable bonds is 10. The summed E-state index contributed by atoms with van der Waals surface area (Å²) in [6.45, 7) is 16.6. The third-order valence-electron chi connectivity index (χ3n) is 10.1. The first-order chi connectivity index (χ1) is 23.8. The molecule has 288 valence electrons. The van der Waals surface area contributed by atoms with Crippen molar-refractivity contribution in [2.24, 2.45) is 41.2 Å². The van der Waals surface area contributed by atoms with Gasteiger partial charge < -0.3 is 44.7 Å². The van der Waals surface area contributed by atoms with E-state index in [-0.39, 0.29) is 35.9 Å². The zero-order valence-electron chi connectivity index (χ0n) is 32.1. The van der Waals surface area contributed by atoms with Gasteiger partial charge in [0.15, 0.2) is 5.79 Å². The van der Waals surface area contributed by atoms with Gasteiger partial charge in [-0.1, -0.05) is 83.9 Å². The molecule has 5 N–H and O–H groups in total. The van der Waals surface area contributed by atoms with Gasteiger partial charge in [0.05, 0.1) is 25.4 Å². The first-order valence-electron chi connectivity index (χ1n) is 17.7. The van der Waals surface area contributed by atoms with Crippen molar-refractivity contribution in [2.45, 2.75) is 118 Å². The van der Waals surface area contributed by atoms with Crippen LogP contribution in [0.3, 0.4) is 0 Å². The molecule has 12 atom stereocenters. The smallest absolute Gasteiger partial charge is 0.373 e. The van der Waals surface area contributed by atoms with Gasteiger partial charge in [-0.3, -0.25) is 4.79 Å². The fraction of sp³-hybridized carbons (Fsp3) is 0.667. The molecule has 0 aromatic carbocycles. The van der Waals surface area contributed by atoms with E-state index in [0.29, 0.717) is 12.0 Å². The summed E-state index contributed by atoms with van der Waals surface area (Å²) in [6.07, 6.45) is 5.90. The Hall–Kier alpha value is -3.29. The van der Waals surface area contributed by atoms with Crippen LogP contribution >= 0.6 is 0 Å². The molecule has 2 rings (SSSR count). The van der Waals surface area contributed by atoms with E-state index in [1.807, 2.05) is 53.7 Å². The molecule has 0 saturated carbocycles. The van der Waals surface area contributed by atoms with E-state index < -0.39 is 72.1 Å². The molecule has 12 nitrogen and oxygen atoms in total. The Morgan fingerprint density at radius 3 is 2.29 bits per heavy atom. The molecule has 0 aliphatic carbocycles. The summed E-state index contributed by atoms with van der Waals surface area (Å²) in [5.74, 6) is -6.96. The molecule has 1 amide bonds. The SMILES string of the molecule is CO/C1=C/C(C)=C/[C@@H](C)[C@@H](O)[C@@H](C)C/C(C)=C/C=C/[C@H](OC)[C@@H]([C@@H](C)[C@@H](O)[C@H](C)[C@@]2(O)C[C@@H](OC(=O)/C=C/C(N)=O)[C@H](C)[C@H](C(C)C)O2)OC1=O. The number of amides is 1. The number of aliphatic hydroxyl groups is 3. The zero-order chi connectivity index (χ0) is 38.8. The topological polar surface area (TPSA) is 184 Å². The van der Waals surface area contributed by atoms with Gasteiger partial charge in [0.25, 0.3) is 0 Å². The molecule has 2 heterocycles. The Morgan fingerprint density at radius 2 is 1.73 bits per heavy atom. The maximum Gasteiger partial charge on any atom is 0.373 e. The van der Waals surface area contributed by atoms with Crippen LogP contribution in [0.1, 0.15) is 75.2 Å². The molecule has 0 aromatic heterocycles. The van der Waals surface area contributed by atoms with Crippen LogP contribution < -0.4 is 5.73 Å². The number of carbonyl (C=O) groups is 3. The zero-order valence-corrected chi connectivity index (χ0v) is 32.1. The fourth-order valence-corrected chi connectivity index (χ4v) is 7.01. The van der Waals surface area contributed by atoms with Crippen LogP contribution in [-0.4, -0.2) is 89.8 Å². The average Bonchev–Trinajstić information content (AvgIpc) is 3.06. The second-order valence-corrected chi connectivity index (χ2v) is 14.7. The number of aliphatic hydroxyl groups excluding tert-OH is 2. The predicted molar refractivity (Wildman–Crippen MR) is 192 cm³/mol. The van der Waals surface area contributed by atoms with Crippen molar-refractivity contribution >= 4 is 17.8 Å². The number of methoxy groups -OCH3 is 2. The second-order valence-electron chi connectivity index (χ2n) is 14.7. The third-order valence-corrected chi connectivity index (χ3v) is 10.1. The standard InChI is InChI=1S/C39H61NO11/c1-21(2)36-26(7)31(49-33(42)16-15-32(40)41)20-39(46,51-36)28(9)35(44)27(8)37-29(47-10)14-12-13-22(3)17-24(5)34(43)25(6)18-23(4)19-30(48-11)38(45)50-37/h12-16,18-19,21,24-29,31,34-37,43-44,46H,17,20H2,1-11H3,(H2,40,41)/b14-12+,16-15+,22-13+,23-18+,30-19+/t24-,25+,26-,27-,28-,29-,31+,34-,35+,36-,37+,39+/m0/s1. The molecule has 0 spiro atoms. The van der Waals surface area contributed by atoms with Crippen molar-refractivity contribution < 1.29 is 53.4 Å². The Labute approximate surface area is 303 Å². The summed E-state index contributed by atoms with van der Waals surface area (Å²) in [7, 11) is 2.82. The number of cyclic esters (lactones) is 1. The van der Waals surface area contributed by atoms with Crippen LogP contribution in [-0.2, 0) is 38.1 Å². The summed E-state index contributed by atoms with van der Waals surface area (Å²) in [4.78, 5) is 37.4. The first-order valence-corrected chi connectivity index (χ1v) is 17.7. The maximum atomic E-state index is 13.6. The van der Waals surface area contributed by atoms with Crippen molar-refractivity contribution in [2.75, 3.05) is 14.2 Å². The van der Waals surface area contributed by atoms with Crippen LogP contribution in [0.25, 0.3) is 0 Å². The lowest BCUT2D eigenvalue weighted by molar-refractivity contribution is -0.329. The number of carbonyl (C=O) groups excluding carboxylic acids is 3. The number of hydrogen-bond acceptors (Lipinski definition) is 11. The Balaban J connectivity index is 2.55. The maximum absolute atomic E-state index is 13.6. The van der Waals surface area contributed by atoms with E-state index in [0.717, 1.165) is 17.7 Å². The van der Waals surface area contributed by atoms with E-state index >= 15 is 0 Å². The van der Waals surface area contributed by atoms with E-state index in [1.54, 1.807) is 32.9 Å². The average molecular weight is 720 g/mol. The molecule has 1 fully saturated rings. The Morgan fingerprint density at radius 1 is 1.08 bits per heavy atom. The molecule has 12 heteroatoms. The van der Waals surface area contributed by atoms with Crippen LogP contribution in [0.5, 0.6) is 0 Å². The van der Waals surface area contributed by atoms with Crippen LogP contribution in [0, 0.1) is 35.5 Å². The van der Waals surface area contributed by atoms with Crippen molar-refractivity contribution in [1.82, 2.24) is 0 Å². The van der Waals surface area contributed by atoms with Crippen molar-refractivity contribution in [3.8, 4) is 0 Å². The molecular weight excluding hydrogens is 658 g/mol. The number of ether oxygens (including phenoxy) is 5. The van der Waals surface area contributed by atoms with Gasteiger partial charge in [0.2, 0.25) is 11.7 Å². The fourth-order valence-electron chi connectivity index (χ4n) is 7.01. The number of esters is 2. The molecule has 0 radical (unpaired) electrons. The highest BCUT2D eigenvalue weighted by molar-refractivity contribution is 5.93. The van der Waals surface area contributed by atoms with Crippen LogP contribution in [0.4, 0.5) is 0 Å². The summed E-state index contributed by atoms with van der Waals surface area (Å²) < 4.78 is 29.2. The van der Waals surface area contributed by atoms with E-state index in [2.05, 4.69) is 0 Å². The molecule has 1 saturated heterocycles. The highest BCUT2D eigenvalue weighted by Gasteiger charge is 2.53.